The lowest BCUT2D eigenvalue weighted by Crippen LogP contribution is -2.20. The van der Waals surface area contributed by atoms with Gasteiger partial charge in [0.05, 0.1) is 6.10 Å². The van der Waals surface area contributed by atoms with Crippen LogP contribution >= 0.6 is 0 Å². The predicted octanol–water partition coefficient (Wildman–Crippen LogP) is 3.41. The molecule has 114 valence electrons. The predicted molar refractivity (Wildman–Crippen MR) is 75.4 cm³/mol. The second kappa shape index (κ2) is 8.87. The standard InChI is InChI=1S/C15H23F2NO2/c1-11(2)20-14-7-5-4-6-12(14)13(18-3)8-9-19-10-15(16)17/h4-7,11,13,15,18H,8-10H2,1-3H3. The Morgan fingerprint density at radius 2 is 1.90 bits per heavy atom. The fraction of sp³-hybridized carbons (Fsp3) is 0.600. The van der Waals surface area contributed by atoms with Gasteiger partial charge in [-0.2, -0.15) is 0 Å². The summed E-state index contributed by atoms with van der Waals surface area (Å²) in [5.41, 5.74) is 1.02. The van der Waals surface area contributed by atoms with Crippen molar-refractivity contribution in [3.8, 4) is 5.75 Å². The highest BCUT2D eigenvalue weighted by Crippen LogP contribution is 2.27. The molecule has 0 aliphatic heterocycles. The van der Waals surface area contributed by atoms with Gasteiger partial charge in [0.1, 0.15) is 12.4 Å². The van der Waals surface area contributed by atoms with E-state index in [9.17, 15) is 8.78 Å². The molecule has 0 aliphatic carbocycles. The minimum atomic E-state index is -2.42. The number of nitrogens with one attached hydrogen (secondary N) is 1. The van der Waals surface area contributed by atoms with Crippen molar-refractivity contribution in [1.82, 2.24) is 5.32 Å². The summed E-state index contributed by atoms with van der Waals surface area (Å²) in [6.45, 7) is 3.71. The number of ether oxygens (including phenoxy) is 2. The average Bonchev–Trinajstić information content (AvgIpc) is 2.39. The number of hydrogen-bond acceptors (Lipinski definition) is 3. The second-order valence-corrected chi connectivity index (χ2v) is 4.80. The molecule has 0 saturated carbocycles. The van der Waals surface area contributed by atoms with Crippen molar-refractivity contribution in [2.75, 3.05) is 20.3 Å². The molecule has 5 heteroatoms. The largest absolute Gasteiger partial charge is 0.491 e. The molecule has 1 atom stereocenters. The monoisotopic (exact) mass is 287 g/mol. The Bertz CT molecular complexity index is 386. The molecule has 0 aliphatic rings. The van der Waals surface area contributed by atoms with Gasteiger partial charge < -0.3 is 14.8 Å². The van der Waals surface area contributed by atoms with Crippen LogP contribution in [0.25, 0.3) is 0 Å². The highest BCUT2D eigenvalue weighted by Gasteiger charge is 2.15. The lowest BCUT2D eigenvalue weighted by Gasteiger charge is -2.21. The minimum Gasteiger partial charge on any atom is -0.491 e. The normalized spacial score (nSPS) is 12.9. The van der Waals surface area contributed by atoms with Crippen LogP contribution in [0.15, 0.2) is 24.3 Å². The summed E-state index contributed by atoms with van der Waals surface area (Å²) in [4.78, 5) is 0. The summed E-state index contributed by atoms with van der Waals surface area (Å²) < 4.78 is 34.7. The van der Waals surface area contributed by atoms with Crippen molar-refractivity contribution in [2.45, 2.75) is 38.8 Å². The topological polar surface area (TPSA) is 30.5 Å². The van der Waals surface area contributed by atoms with Crippen LogP contribution in [0.5, 0.6) is 5.75 Å². The quantitative estimate of drug-likeness (QED) is 0.706. The van der Waals surface area contributed by atoms with Crippen LogP contribution in [0.2, 0.25) is 0 Å². The Morgan fingerprint density at radius 1 is 1.20 bits per heavy atom. The first-order valence-electron chi connectivity index (χ1n) is 6.83. The molecular weight excluding hydrogens is 264 g/mol. The molecule has 0 amide bonds. The highest BCUT2D eigenvalue weighted by atomic mass is 19.3. The number of para-hydroxylation sites is 1. The zero-order valence-electron chi connectivity index (χ0n) is 12.2. The molecule has 0 fully saturated rings. The third kappa shape index (κ3) is 5.84. The van der Waals surface area contributed by atoms with E-state index in [0.717, 1.165) is 11.3 Å². The van der Waals surface area contributed by atoms with Crippen LogP contribution in [-0.2, 0) is 4.74 Å². The minimum absolute atomic E-state index is 0.0163. The van der Waals surface area contributed by atoms with Gasteiger partial charge in [0.2, 0.25) is 0 Å². The summed E-state index contributed by atoms with van der Waals surface area (Å²) in [7, 11) is 1.84. The smallest absolute Gasteiger partial charge is 0.261 e. The average molecular weight is 287 g/mol. The molecular formula is C15H23F2NO2. The maximum absolute atomic E-state index is 12.0. The van der Waals surface area contributed by atoms with Crippen LogP contribution in [0.3, 0.4) is 0 Å². The first-order valence-corrected chi connectivity index (χ1v) is 6.83. The van der Waals surface area contributed by atoms with E-state index in [1.807, 2.05) is 45.2 Å². The maximum Gasteiger partial charge on any atom is 0.261 e. The zero-order chi connectivity index (χ0) is 15.0. The van der Waals surface area contributed by atoms with Gasteiger partial charge in [0, 0.05) is 18.2 Å². The molecule has 0 radical (unpaired) electrons. The van der Waals surface area contributed by atoms with E-state index in [1.54, 1.807) is 0 Å². The fourth-order valence-corrected chi connectivity index (χ4v) is 1.96. The molecule has 1 N–H and O–H groups in total. The number of hydrogen-bond donors (Lipinski definition) is 1. The van der Waals surface area contributed by atoms with Gasteiger partial charge in [-0.3, -0.25) is 0 Å². The van der Waals surface area contributed by atoms with Crippen LogP contribution < -0.4 is 10.1 Å². The van der Waals surface area contributed by atoms with E-state index < -0.39 is 13.0 Å². The van der Waals surface area contributed by atoms with Gasteiger partial charge in [0.15, 0.2) is 0 Å². The summed E-state index contributed by atoms with van der Waals surface area (Å²) >= 11 is 0. The Morgan fingerprint density at radius 3 is 2.50 bits per heavy atom. The first-order chi connectivity index (χ1) is 9.54. The first kappa shape index (κ1) is 16.9. The molecule has 0 bridgehead atoms. The number of halogens is 2. The van der Waals surface area contributed by atoms with E-state index in [-0.39, 0.29) is 18.8 Å². The van der Waals surface area contributed by atoms with Crippen molar-refractivity contribution in [2.24, 2.45) is 0 Å². The SMILES string of the molecule is CNC(CCOCC(F)F)c1ccccc1OC(C)C. The second-order valence-electron chi connectivity index (χ2n) is 4.80. The van der Waals surface area contributed by atoms with Crippen LogP contribution in [0.1, 0.15) is 31.9 Å². The molecule has 3 nitrogen and oxygen atoms in total. The Balaban J connectivity index is 2.64. The lowest BCUT2D eigenvalue weighted by atomic mass is 10.0. The van der Waals surface area contributed by atoms with Gasteiger partial charge in [-0.25, -0.2) is 8.78 Å². The Labute approximate surface area is 119 Å². The molecule has 20 heavy (non-hydrogen) atoms. The van der Waals surface area contributed by atoms with E-state index in [4.69, 9.17) is 9.47 Å². The molecule has 1 aromatic rings. The van der Waals surface area contributed by atoms with E-state index in [0.29, 0.717) is 6.42 Å². The summed E-state index contributed by atoms with van der Waals surface area (Å²) in [5, 5.41) is 3.17. The number of alkyl halides is 2. The summed E-state index contributed by atoms with van der Waals surface area (Å²) in [6, 6.07) is 7.77. The fourth-order valence-electron chi connectivity index (χ4n) is 1.96. The van der Waals surface area contributed by atoms with Crippen molar-refractivity contribution in [3.63, 3.8) is 0 Å². The van der Waals surface area contributed by atoms with Crippen LogP contribution in [-0.4, -0.2) is 32.8 Å². The third-order valence-corrected chi connectivity index (χ3v) is 2.80. The van der Waals surface area contributed by atoms with Crippen molar-refractivity contribution >= 4 is 0 Å². The molecule has 1 aromatic carbocycles. The Kier molecular flexibility index (Phi) is 7.47. The molecule has 0 aromatic heterocycles. The third-order valence-electron chi connectivity index (χ3n) is 2.80. The molecule has 1 unspecified atom stereocenters. The zero-order valence-corrected chi connectivity index (χ0v) is 12.2. The molecule has 1 rings (SSSR count). The van der Waals surface area contributed by atoms with E-state index in [1.165, 1.54) is 0 Å². The lowest BCUT2D eigenvalue weighted by molar-refractivity contribution is 0.0144. The Hall–Kier alpha value is -1.20. The van der Waals surface area contributed by atoms with Gasteiger partial charge in [0.25, 0.3) is 6.43 Å². The molecule has 0 heterocycles. The summed E-state index contributed by atoms with van der Waals surface area (Å²) in [5.74, 6) is 0.815. The van der Waals surface area contributed by atoms with Gasteiger partial charge >= 0.3 is 0 Å². The van der Waals surface area contributed by atoms with Gasteiger partial charge in [-0.15, -0.1) is 0 Å². The van der Waals surface area contributed by atoms with E-state index >= 15 is 0 Å². The van der Waals surface area contributed by atoms with Crippen molar-refractivity contribution in [1.29, 1.82) is 0 Å². The van der Waals surface area contributed by atoms with Crippen molar-refractivity contribution < 1.29 is 18.3 Å². The van der Waals surface area contributed by atoms with E-state index in [2.05, 4.69) is 5.32 Å². The van der Waals surface area contributed by atoms with Crippen LogP contribution in [0.4, 0.5) is 8.78 Å². The number of benzene rings is 1. The summed E-state index contributed by atoms with van der Waals surface area (Å²) in [6.07, 6.45) is -1.72. The number of rotatable bonds is 9. The maximum atomic E-state index is 12.0. The van der Waals surface area contributed by atoms with Gasteiger partial charge in [-0.1, -0.05) is 18.2 Å². The van der Waals surface area contributed by atoms with Crippen molar-refractivity contribution in [3.05, 3.63) is 29.8 Å². The molecule has 0 spiro atoms. The van der Waals surface area contributed by atoms with Gasteiger partial charge in [-0.05, 0) is 33.4 Å². The van der Waals surface area contributed by atoms with Crippen LogP contribution in [0, 0.1) is 0 Å². The molecule has 0 saturated heterocycles. The highest BCUT2D eigenvalue weighted by molar-refractivity contribution is 5.36.